The molecule has 0 aromatic heterocycles. The van der Waals surface area contributed by atoms with Gasteiger partial charge in [0.05, 0.1) is 17.3 Å². The van der Waals surface area contributed by atoms with Gasteiger partial charge < -0.3 is 4.74 Å². The van der Waals surface area contributed by atoms with E-state index in [0.717, 1.165) is 0 Å². The van der Waals surface area contributed by atoms with Gasteiger partial charge in [0, 0.05) is 12.7 Å². The Morgan fingerprint density at radius 3 is 2.35 bits per heavy atom. The maximum Gasteiger partial charge on any atom is 0.252 e. The third-order valence-corrected chi connectivity index (χ3v) is 5.19. The van der Waals surface area contributed by atoms with Crippen molar-refractivity contribution in [2.24, 2.45) is 0 Å². The molecule has 1 rings (SSSR count). The lowest BCUT2D eigenvalue weighted by molar-refractivity contribution is 0.108. The van der Waals surface area contributed by atoms with Gasteiger partial charge in [-0.25, -0.2) is 8.42 Å². The van der Waals surface area contributed by atoms with Crippen molar-refractivity contribution in [1.82, 2.24) is 0 Å². The van der Waals surface area contributed by atoms with Crippen LogP contribution >= 0.6 is 11.6 Å². The predicted octanol–water partition coefficient (Wildman–Crippen LogP) is 2.61. The predicted molar refractivity (Wildman–Crippen MR) is 79.3 cm³/mol. The summed E-state index contributed by atoms with van der Waals surface area (Å²) in [5.41, 5.74) is 1.47. The van der Waals surface area contributed by atoms with Crippen molar-refractivity contribution in [2.75, 3.05) is 19.5 Å². The number of carbonyl (C=O) groups is 1. The van der Waals surface area contributed by atoms with Crippen LogP contribution < -0.4 is 0 Å². The Hall–Kier alpha value is -0.910. The molecule has 0 radical (unpaired) electrons. The number of sulfone groups is 1. The highest BCUT2D eigenvalue weighted by molar-refractivity contribution is 7.91. The maximum atomic E-state index is 12.5. The van der Waals surface area contributed by atoms with Crippen molar-refractivity contribution < 1.29 is 17.9 Å². The second kappa shape index (κ2) is 7.20. The average Bonchev–Trinajstić information content (AvgIpc) is 2.43. The smallest absolute Gasteiger partial charge is 0.252 e. The first-order valence-electron chi connectivity index (χ1n) is 6.45. The van der Waals surface area contributed by atoms with Gasteiger partial charge in [0.25, 0.3) is 5.24 Å². The van der Waals surface area contributed by atoms with Crippen molar-refractivity contribution in [3.63, 3.8) is 0 Å². The van der Waals surface area contributed by atoms with Crippen molar-refractivity contribution in [1.29, 1.82) is 0 Å². The van der Waals surface area contributed by atoms with E-state index in [9.17, 15) is 13.2 Å². The first kappa shape index (κ1) is 17.1. The molecular formula is C14H19ClO4S. The molecule has 0 saturated carbocycles. The molecule has 0 amide bonds. The Kier molecular flexibility index (Phi) is 6.17. The summed E-state index contributed by atoms with van der Waals surface area (Å²) in [5.74, 6) is -0.108. The molecule has 112 valence electrons. The number of hydrogen-bond donors (Lipinski definition) is 0. The number of methoxy groups -OCH3 is 1. The first-order valence-corrected chi connectivity index (χ1v) is 8.48. The summed E-state index contributed by atoms with van der Waals surface area (Å²) in [5, 5.41) is -0.632. The van der Waals surface area contributed by atoms with E-state index in [4.69, 9.17) is 16.3 Å². The summed E-state index contributed by atoms with van der Waals surface area (Å²) in [6.45, 7) is 3.81. The number of aryl methyl sites for hydroxylation is 1. The monoisotopic (exact) mass is 318 g/mol. The number of ether oxygens (including phenoxy) is 1. The van der Waals surface area contributed by atoms with Gasteiger partial charge in [0.1, 0.15) is 0 Å². The molecule has 0 saturated heterocycles. The second-order valence-corrected chi connectivity index (χ2v) is 6.76. The van der Waals surface area contributed by atoms with Crippen LogP contribution in [0.3, 0.4) is 0 Å². The van der Waals surface area contributed by atoms with Crippen LogP contribution in [0.15, 0.2) is 17.0 Å². The lowest BCUT2D eigenvalue weighted by Crippen LogP contribution is -2.17. The Bertz CT molecular complexity index is 593. The van der Waals surface area contributed by atoms with Gasteiger partial charge in [-0.2, -0.15) is 0 Å². The molecule has 0 unspecified atom stereocenters. The SMILES string of the molecule is CCc1ccc(C(=O)Cl)c(CC)c1S(=O)(=O)CCOC. The summed E-state index contributed by atoms with van der Waals surface area (Å²) in [6.07, 6.45) is 1.01. The Balaban J connectivity index is 3.56. The minimum absolute atomic E-state index is 0.108. The Morgan fingerprint density at radius 1 is 1.25 bits per heavy atom. The van der Waals surface area contributed by atoms with E-state index in [-0.39, 0.29) is 22.8 Å². The van der Waals surface area contributed by atoms with Crippen LogP contribution in [-0.2, 0) is 27.4 Å². The fourth-order valence-electron chi connectivity index (χ4n) is 2.17. The first-order chi connectivity index (χ1) is 9.38. The number of carbonyl (C=O) groups excluding carboxylic acids is 1. The summed E-state index contributed by atoms with van der Waals surface area (Å²) in [7, 11) is -2.05. The molecule has 1 aromatic rings. The van der Waals surface area contributed by atoms with Crippen LogP contribution in [0.4, 0.5) is 0 Å². The van der Waals surface area contributed by atoms with Gasteiger partial charge in [-0.15, -0.1) is 0 Å². The van der Waals surface area contributed by atoms with Gasteiger partial charge in [0.15, 0.2) is 9.84 Å². The van der Waals surface area contributed by atoms with Crippen LogP contribution in [0.2, 0.25) is 0 Å². The molecule has 0 aliphatic heterocycles. The largest absolute Gasteiger partial charge is 0.384 e. The van der Waals surface area contributed by atoms with Gasteiger partial charge in [-0.05, 0) is 41.6 Å². The van der Waals surface area contributed by atoms with E-state index < -0.39 is 15.1 Å². The van der Waals surface area contributed by atoms with Gasteiger partial charge in [-0.1, -0.05) is 19.9 Å². The van der Waals surface area contributed by atoms with Gasteiger partial charge in [0.2, 0.25) is 0 Å². The fraction of sp³-hybridized carbons (Fsp3) is 0.500. The molecule has 0 heterocycles. The lowest BCUT2D eigenvalue weighted by Gasteiger charge is -2.16. The van der Waals surface area contributed by atoms with E-state index in [1.54, 1.807) is 12.1 Å². The Labute approximate surface area is 125 Å². The molecule has 6 heteroatoms. The zero-order valence-electron chi connectivity index (χ0n) is 11.9. The molecular weight excluding hydrogens is 300 g/mol. The molecule has 0 spiro atoms. The molecule has 0 bridgehead atoms. The normalized spacial score (nSPS) is 11.6. The molecule has 0 aliphatic carbocycles. The highest BCUT2D eigenvalue weighted by Crippen LogP contribution is 2.27. The summed E-state index contributed by atoms with van der Waals surface area (Å²) in [6, 6.07) is 3.26. The minimum atomic E-state index is -3.50. The number of rotatable bonds is 7. The quantitative estimate of drug-likeness (QED) is 0.725. The van der Waals surface area contributed by atoms with E-state index in [2.05, 4.69) is 0 Å². The van der Waals surface area contributed by atoms with Crippen molar-refractivity contribution >= 4 is 26.7 Å². The topological polar surface area (TPSA) is 60.4 Å². The van der Waals surface area contributed by atoms with Crippen LogP contribution in [0, 0.1) is 0 Å². The zero-order valence-corrected chi connectivity index (χ0v) is 13.5. The minimum Gasteiger partial charge on any atom is -0.384 e. The maximum absolute atomic E-state index is 12.5. The van der Waals surface area contributed by atoms with E-state index in [0.29, 0.717) is 24.0 Å². The molecule has 0 atom stereocenters. The van der Waals surface area contributed by atoms with Crippen molar-refractivity contribution in [3.8, 4) is 0 Å². The van der Waals surface area contributed by atoms with E-state index in [1.165, 1.54) is 7.11 Å². The number of hydrogen-bond acceptors (Lipinski definition) is 4. The Morgan fingerprint density at radius 2 is 1.90 bits per heavy atom. The van der Waals surface area contributed by atoms with Crippen LogP contribution in [-0.4, -0.2) is 33.1 Å². The van der Waals surface area contributed by atoms with Crippen LogP contribution in [0.1, 0.15) is 35.3 Å². The zero-order chi connectivity index (χ0) is 15.3. The average molecular weight is 319 g/mol. The van der Waals surface area contributed by atoms with E-state index >= 15 is 0 Å². The fourth-order valence-corrected chi connectivity index (χ4v) is 4.18. The third kappa shape index (κ3) is 3.59. The summed E-state index contributed by atoms with van der Waals surface area (Å²) >= 11 is 5.55. The number of benzene rings is 1. The van der Waals surface area contributed by atoms with Crippen molar-refractivity contribution in [3.05, 3.63) is 28.8 Å². The van der Waals surface area contributed by atoms with Crippen LogP contribution in [0.5, 0.6) is 0 Å². The molecule has 0 aliphatic rings. The second-order valence-electron chi connectivity index (χ2n) is 4.37. The van der Waals surface area contributed by atoms with Crippen LogP contribution in [0.25, 0.3) is 0 Å². The third-order valence-electron chi connectivity index (χ3n) is 3.16. The number of halogens is 1. The van der Waals surface area contributed by atoms with Gasteiger partial charge >= 0.3 is 0 Å². The molecule has 0 fully saturated rings. The highest BCUT2D eigenvalue weighted by Gasteiger charge is 2.25. The van der Waals surface area contributed by atoms with Crippen molar-refractivity contribution in [2.45, 2.75) is 31.6 Å². The molecule has 20 heavy (non-hydrogen) atoms. The molecule has 0 N–H and O–H groups in total. The standard InChI is InChI=1S/C14H19ClO4S/c1-4-10-6-7-12(14(15)16)11(5-2)13(10)20(17,18)9-8-19-3/h6-7H,4-5,8-9H2,1-3H3. The lowest BCUT2D eigenvalue weighted by atomic mass is 10.0. The molecule has 4 nitrogen and oxygen atoms in total. The summed E-state index contributed by atoms with van der Waals surface area (Å²) in [4.78, 5) is 11.7. The molecule has 1 aromatic carbocycles. The summed E-state index contributed by atoms with van der Waals surface area (Å²) < 4.78 is 29.8. The van der Waals surface area contributed by atoms with E-state index in [1.807, 2.05) is 13.8 Å². The highest BCUT2D eigenvalue weighted by atomic mass is 35.5. The van der Waals surface area contributed by atoms with Gasteiger partial charge in [-0.3, -0.25) is 4.79 Å².